The topological polar surface area (TPSA) is 41.9 Å². The second-order valence-electron chi connectivity index (χ2n) is 5.52. The molecule has 6 heteroatoms. The zero-order valence-electron chi connectivity index (χ0n) is 14.1. The molecule has 128 valence electrons. The molecule has 0 atom stereocenters. The van der Waals surface area contributed by atoms with Gasteiger partial charge in [-0.15, -0.1) is 10.2 Å². The minimum Gasteiger partial charge on any atom is -0.368 e. The van der Waals surface area contributed by atoms with E-state index in [1.807, 2.05) is 48.5 Å². The van der Waals surface area contributed by atoms with Gasteiger partial charge in [-0.25, -0.2) is 0 Å². The highest BCUT2D eigenvalue weighted by atomic mass is 35.5. The van der Waals surface area contributed by atoms with Crippen LogP contribution in [0.25, 0.3) is 22.5 Å². The summed E-state index contributed by atoms with van der Waals surface area (Å²) in [5.41, 5.74) is 4.46. The lowest BCUT2D eigenvalue weighted by Gasteiger charge is -2.25. The van der Waals surface area contributed by atoms with E-state index in [0.29, 0.717) is 10.0 Å². The van der Waals surface area contributed by atoms with E-state index in [4.69, 9.17) is 23.2 Å². The second kappa shape index (κ2) is 7.81. The van der Waals surface area contributed by atoms with Gasteiger partial charge >= 0.3 is 0 Å². The molecule has 1 aromatic heterocycles. The predicted octanol–water partition coefficient (Wildman–Crippen LogP) is 5.36. The van der Waals surface area contributed by atoms with Crippen molar-refractivity contribution in [3.8, 4) is 22.5 Å². The van der Waals surface area contributed by atoms with Crippen molar-refractivity contribution in [1.82, 2.24) is 15.4 Å². The first kappa shape index (κ1) is 17.6. The van der Waals surface area contributed by atoms with Gasteiger partial charge in [0.05, 0.1) is 5.69 Å². The van der Waals surface area contributed by atoms with Gasteiger partial charge in [-0.05, 0) is 43.3 Å². The van der Waals surface area contributed by atoms with Gasteiger partial charge in [0.2, 0.25) is 0 Å². The van der Waals surface area contributed by atoms with Crippen LogP contribution in [0, 0.1) is 0 Å². The fourth-order valence-electron chi connectivity index (χ4n) is 2.76. The number of hydrogen-bond donors (Lipinski definition) is 0. The van der Waals surface area contributed by atoms with Gasteiger partial charge in [-0.1, -0.05) is 47.5 Å². The quantitative estimate of drug-likeness (QED) is 0.604. The molecule has 4 nitrogen and oxygen atoms in total. The Morgan fingerprint density at radius 1 is 0.720 bits per heavy atom. The molecule has 0 unspecified atom stereocenters. The Hall–Kier alpha value is -2.17. The molecule has 3 aromatic rings. The lowest BCUT2D eigenvalue weighted by molar-refractivity contribution is 0.823. The molecule has 0 N–H and O–H groups in total. The standard InChI is InChI=1S/C19H18Cl2N4/c1-3-25(4-2)19-17(13-5-9-15(20)10-6-13)22-24-23-18(19)14-7-11-16(21)12-8-14/h5-12H,3-4H2,1-2H3. The number of benzene rings is 2. The lowest BCUT2D eigenvalue weighted by atomic mass is 10.0. The van der Waals surface area contributed by atoms with Crippen LogP contribution in [0.5, 0.6) is 0 Å². The van der Waals surface area contributed by atoms with Gasteiger partial charge in [0, 0.05) is 34.3 Å². The Balaban J connectivity index is 2.23. The Morgan fingerprint density at radius 3 is 1.48 bits per heavy atom. The Bertz CT molecular complexity index is 781. The number of anilines is 1. The lowest BCUT2D eigenvalue weighted by Crippen LogP contribution is -2.24. The van der Waals surface area contributed by atoms with Crippen molar-refractivity contribution < 1.29 is 0 Å². The van der Waals surface area contributed by atoms with Crippen molar-refractivity contribution in [1.29, 1.82) is 0 Å². The number of aromatic nitrogens is 3. The summed E-state index contributed by atoms with van der Waals surface area (Å²) in [5.74, 6) is 0. The molecular formula is C19H18Cl2N4. The SMILES string of the molecule is CCN(CC)c1c(-c2ccc(Cl)cc2)nnnc1-c1ccc(Cl)cc1. The van der Waals surface area contributed by atoms with Crippen molar-refractivity contribution in [2.24, 2.45) is 0 Å². The first-order valence-electron chi connectivity index (χ1n) is 8.14. The third-order valence-corrected chi connectivity index (χ3v) is 4.56. The normalized spacial score (nSPS) is 10.7. The maximum absolute atomic E-state index is 6.03. The van der Waals surface area contributed by atoms with Crippen LogP contribution in [0.15, 0.2) is 48.5 Å². The largest absolute Gasteiger partial charge is 0.368 e. The maximum atomic E-state index is 6.03. The molecule has 0 saturated heterocycles. The van der Waals surface area contributed by atoms with E-state index in [9.17, 15) is 0 Å². The van der Waals surface area contributed by atoms with Crippen molar-refractivity contribution in [3.05, 3.63) is 58.6 Å². The summed E-state index contributed by atoms with van der Waals surface area (Å²) in [6.45, 7) is 5.90. The highest BCUT2D eigenvalue weighted by molar-refractivity contribution is 6.31. The summed E-state index contributed by atoms with van der Waals surface area (Å²) in [6.07, 6.45) is 0. The van der Waals surface area contributed by atoms with Crippen molar-refractivity contribution in [2.45, 2.75) is 13.8 Å². The van der Waals surface area contributed by atoms with Crippen LogP contribution in [0.4, 0.5) is 5.69 Å². The molecule has 0 bridgehead atoms. The van der Waals surface area contributed by atoms with Crippen LogP contribution in [0.3, 0.4) is 0 Å². The van der Waals surface area contributed by atoms with E-state index in [1.165, 1.54) is 0 Å². The van der Waals surface area contributed by atoms with Gasteiger partial charge < -0.3 is 4.90 Å². The predicted molar refractivity (Wildman–Crippen MR) is 104 cm³/mol. The summed E-state index contributed by atoms with van der Waals surface area (Å²) in [6, 6.07) is 15.2. The summed E-state index contributed by atoms with van der Waals surface area (Å²) in [4.78, 5) is 2.23. The number of nitrogens with zero attached hydrogens (tertiary/aromatic N) is 4. The highest BCUT2D eigenvalue weighted by Gasteiger charge is 2.20. The fraction of sp³-hybridized carbons (Fsp3) is 0.211. The second-order valence-corrected chi connectivity index (χ2v) is 6.39. The van der Waals surface area contributed by atoms with E-state index < -0.39 is 0 Å². The average Bonchev–Trinajstić information content (AvgIpc) is 2.64. The van der Waals surface area contributed by atoms with Gasteiger partial charge in [-0.2, -0.15) is 0 Å². The smallest absolute Gasteiger partial charge is 0.120 e. The van der Waals surface area contributed by atoms with Crippen molar-refractivity contribution in [2.75, 3.05) is 18.0 Å². The van der Waals surface area contributed by atoms with Crippen LogP contribution in [0.2, 0.25) is 10.0 Å². The van der Waals surface area contributed by atoms with Crippen molar-refractivity contribution >= 4 is 28.9 Å². The minimum absolute atomic E-state index is 0.688. The number of rotatable bonds is 5. The first-order valence-corrected chi connectivity index (χ1v) is 8.89. The molecule has 2 aromatic carbocycles. The average molecular weight is 373 g/mol. The first-order chi connectivity index (χ1) is 12.1. The Kier molecular flexibility index (Phi) is 5.51. The van der Waals surface area contributed by atoms with Gasteiger partial charge in [-0.3, -0.25) is 0 Å². The molecule has 0 radical (unpaired) electrons. The molecule has 25 heavy (non-hydrogen) atoms. The van der Waals surface area contributed by atoms with E-state index in [2.05, 4.69) is 34.2 Å². The summed E-state index contributed by atoms with van der Waals surface area (Å²) in [7, 11) is 0. The van der Waals surface area contributed by atoms with E-state index in [0.717, 1.165) is 41.3 Å². The molecule has 0 fully saturated rings. The Labute approximate surface area is 157 Å². The molecule has 0 aliphatic rings. The molecular weight excluding hydrogens is 355 g/mol. The third-order valence-electron chi connectivity index (χ3n) is 4.05. The van der Waals surface area contributed by atoms with Crippen LogP contribution in [0.1, 0.15) is 13.8 Å². The number of hydrogen-bond acceptors (Lipinski definition) is 4. The van der Waals surface area contributed by atoms with Crippen LogP contribution in [-0.4, -0.2) is 28.5 Å². The molecule has 1 heterocycles. The number of halogens is 2. The summed E-state index contributed by atoms with van der Waals surface area (Å²) in [5, 5.41) is 14.0. The fourth-order valence-corrected chi connectivity index (χ4v) is 3.01. The van der Waals surface area contributed by atoms with Gasteiger partial charge in [0.15, 0.2) is 0 Å². The molecule has 0 aliphatic carbocycles. The van der Waals surface area contributed by atoms with Gasteiger partial charge in [0.25, 0.3) is 0 Å². The van der Waals surface area contributed by atoms with Crippen LogP contribution >= 0.6 is 23.2 Å². The zero-order valence-corrected chi connectivity index (χ0v) is 15.6. The van der Waals surface area contributed by atoms with Gasteiger partial charge in [0.1, 0.15) is 11.4 Å². The molecule has 0 amide bonds. The van der Waals surface area contributed by atoms with Crippen LogP contribution in [-0.2, 0) is 0 Å². The van der Waals surface area contributed by atoms with E-state index in [1.54, 1.807) is 0 Å². The highest BCUT2D eigenvalue weighted by Crippen LogP contribution is 2.36. The van der Waals surface area contributed by atoms with E-state index >= 15 is 0 Å². The maximum Gasteiger partial charge on any atom is 0.120 e. The Morgan fingerprint density at radius 2 is 1.12 bits per heavy atom. The van der Waals surface area contributed by atoms with Crippen LogP contribution < -0.4 is 4.90 Å². The molecule has 0 saturated carbocycles. The van der Waals surface area contributed by atoms with Crippen molar-refractivity contribution in [3.63, 3.8) is 0 Å². The summed E-state index contributed by atoms with van der Waals surface area (Å²) >= 11 is 12.1. The molecule has 0 aliphatic heterocycles. The van der Waals surface area contributed by atoms with E-state index in [-0.39, 0.29) is 0 Å². The third kappa shape index (κ3) is 3.75. The summed E-state index contributed by atoms with van der Waals surface area (Å²) < 4.78 is 0. The monoisotopic (exact) mass is 372 g/mol. The zero-order chi connectivity index (χ0) is 17.8. The minimum atomic E-state index is 0.688. The molecule has 0 spiro atoms. The molecule has 3 rings (SSSR count).